The van der Waals surface area contributed by atoms with Gasteiger partial charge in [-0.2, -0.15) is 0 Å². The first kappa shape index (κ1) is 20.0. The van der Waals surface area contributed by atoms with Gasteiger partial charge in [0.25, 0.3) is 0 Å². The summed E-state index contributed by atoms with van der Waals surface area (Å²) in [5.74, 6) is 1.01. The summed E-state index contributed by atoms with van der Waals surface area (Å²) in [6.07, 6.45) is 1.70. The summed E-state index contributed by atoms with van der Waals surface area (Å²) in [7, 11) is 1.63. The van der Waals surface area contributed by atoms with Crippen molar-refractivity contribution in [1.29, 1.82) is 0 Å². The van der Waals surface area contributed by atoms with E-state index in [9.17, 15) is 4.39 Å². The Morgan fingerprint density at radius 3 is 2.81 bits per heavy atom. The van der Waals surface area contributed by atoms with E-state index in [0.29, 0.717) is 17.5 Å². The number of nitrogens with two attached hydrogens (primary N) is 1. The lowest BCUT2D eigenvalue weighted by atomic mass is 10.1. The van der Waals surface area contributed by atoms with Crippen molar-refractivity contribution in [2.75, 3.05) is 7.11 Å². The first-order chi connectivity index (χ1) is 12.2. The Bertz CT molecular complexity index is 920. The van der Waals surface area contributed by atoms with Crippen LogP contribution in [0.15, 0.2) is 59.7 Å². The van der Waals surface area contributed by atoms with Gasteiger partial charge in [0, 0.05) is 22.9 Å². The van der Waals surface area contributed by atoms with Gasteiger partial charge < -0.3 is 10.5 Å². The highest BCUT2D eigenvalue weighted by molar-refractivity contribution is 8.13. The second kappa shape index (κ2) is 9.40. The smallest absolute Gasteiger partial charge is 0.154 e. The maximum absolute atomic E-state index is 13.8. The highest BCUT2D eigenvalue weighted by Gasteiger charge is 2.07. The van der Waals surface area contributed by atoms with E-state index in [2.05, 4.69) is 9.98 Å². The molecule has 1 aromatic heterocycles. The van der Waals surface area contributed by atoms with Gasteiger partial charge in [0.05, 0.1) is 19.2 Å². The van der Waals surface area contributed by atoms with Gasteiger partial charge in [-0.25, -0.2) is 4.39 Å². The molecule has 0 bridgehead atoms. The Morgan fingerprint density at radius 2 is 2.00 bits per heavy atom. The molecule has 2 N–H and O–H groups in total. The van der Waals surface area contributed by atoms with Crippen LogP contribution in [-0.4, -0.2) is 17.3 Å². The van der Waals surface area contributed by atoms with Crippen molar-refractivity contribution in [3.05, 3.63) is 71.7 Å². The Morgan fingerprint density at radius 1 is 1.19 bits per heavy atom. The van der Waals surface area contributed by atoms with E-state index in [-0.39, 0.29) is 18.2 Å². The van der Waals surface area contributed by atoms with Crippen molar-refractivity contribution in [3.8, 4) is 5.75 Å². The molecule has 1 heterocycles. The van der Waals surface area contributed by atoms with E-state index >= 15 is 0 Å². The summed E-state index contributed by atoms with van der Waals surface area (Å²) in [5, 5.41) is 1.22. The number of fused-ring (bicyclic) bond motifs is 1. The number of halogens is 2. The van der Waals surface area contributed by atoms with Crippen molar-refractivity contribution < 1.29 is 9.13 Å². The predicted octanol–water partition coefficient (Wildman–Crippen LogP) is 4.55. The van der Waals surface area contributed by atoms with E-state index in [1.165, 1.54) is 23.9 Å². The fraction of sp³-hybridized carbons (Fsp3) is 0.158. The summed E-state index contributed by atoms with van der Waals surface area (Å²) >= 11 is 1.37. The van der Waals surface area contributed by atoms with Crippen LogP contribution in [-0.2, 0) is 12.3 Å². The number of nitrogens with zero attached hydrogens (tertiary/aromatic N) is 2. The number of hydrogen-bond donors (Lipinski definition) is 1. The van der Waals surface area contributed by atoms with E-state index in [1.807, 2.05) is 30.3 Å². The quantitative estimate of drug-likeness (QED) is 0.512. The second-order valence-corrected chi connectivity index (χ2v) is 6.39. The molecular formula is C19H19ClFN3OS. The van der Waals surface area contributed by atoms with Crippen LogP contribution in [0.25, 0.3) is 10.9 Å². The molecule has 2 aromatic carbocycles. The van der Waals surface area contributed by atoms with E-state index in [1.54, 1.807) is 19.4 Å². The SMILES string of the molecule is COc1ccccc1CN=C(N)SCc1cc(F)cc2cccnc12.Cl. The lowest BCUT2D eigenvalue weighted by molar-refractivity contribution is 0.410. The molecule has 3 rings (SSSR count). The molecule has 4 nitrogen and oxygen atoms in total. The Balaban J connectivity index is 0.00000243. The lowest BCUT2D eigenvalue weighted by Gasteiger charge is -2.07. The maximum atomic E-state index is 13.8. The number of rotatable bonds is 5. The first-order valence-electron chi connectivity index (χ1n) is 7.75. The normalized spacial score (nSPS) is 11.2. The van der Waals surface area contributed by atoms with Gasteiger partial charge >= 0.3 is 0 Å². The monoisotopic (exact) mass is 391 g/mol. The largest absolute Gasteiger partial charge is 0.496 e. The number of aromatic nitrogens is 1. The van der Waals surface area contributed by atoms with Crippen LogP contribution < -0.4 is 10.5 Å². The highest BCUT2D eigenvalue weighted by Crippen LogP contribution is 2.23. The van der Waals surface area contributed by atoms with E-state index in [4.69, 9.17) is 10.5 Å². The number of para-hydroxylation sites is 1. The van der Waals surface area contributed by atoms with E-state index in [0.717, 1.165) is 27.8 Å². The number of ether oxygens (including phenoxy) is 1. The van der Waals surface area contributed by atoms with Gasteiger partial charge in [0.2, 0.25) is 0 Å². The molecule has 0 saturated heterocycles. The van der Waals surface area contributed by atoms with Gasteiger partial charge in [-0.3, -0.25) is 9.98 Å². The fourth-order valence-electron chi connectivity index (χ4n) is 2.53. The van der Waals surface area contributed by atoms with Crippen LogP contribution in [0.4, 0.5) is 4.39 Å². The summed E-state index contributed by atoms with van der Waals surface area (Å²) in [6, 6.07) is 14.3. The molecule has 0 aliphatic rings. The number of aliphatic imine (C=N–C) groups is 1. The Kier molecular flexibility index (Phi) is 7.24. The molecule has 26 heavy (non-hydrogen) atoms. The average Bonchev–Trinajstić information content (AvgIpc) is 2.64. The topological polar surface area (TPSA) is 60.5 Å². The molecule has 0 amide bonds. The van der Waals surface area contributed by atoms with Gasteiger partial charge in [0.15, 0.2) is 5.17 Å². The minimum atomic E-state index is -0.277. The van der Waals surface area contributed by atoms with Crippen LogP contribution in [0.3, 0.4) is 0 Å². The standard InChI is InChI=1S/C19H18FN3OS.ClH/c1-24-17-7-3-2-5-14(17)11-23-19(21)25-12-15-10-16(20)9-13-6-4-8-22-18(13)15;/h2-10H,11-12H2,1H3,(H2,21,23);1H. The molecule has 3 aromatic rings. The van der Waals surface area contributed by atoms with Crippen LogP contribution in [0.1, 0.15) is 11.1 Å². The second-order valence-electron chi connectivity index (χ2n) is 5.40. The number of pyridine rings is 1. The number of benzene rings is 2. The number of methoxy groups -OCH3 is 1. The summed E-state index contributed by atoms with van der Waals surface area (Å²) < 4.78 is 19.1. The van der Waals surface area contributed by atoms with Crippen LogP contribution >= 0.6 is 24.2 Å². The van der Waals surface area contributed by atoms with Crippen molar-refractivity contribution in [3.63, 3.8) is 0 Å². The molecule has 0 unspecified atom stereocenters. The predicted molar refractivity (Wildman–Crippen MR) is 109 cm³/mol. The molecule has 0 radical (unpaired) electrons. The zero-order valence-electron chi connectivity index (χ0n) is 14.2. The van der Waals surface area contributed by atoms with Gasteiger partial charge in [0.1, 0.15) is 11.6 Å². The third kappa shape index (κ3) is 4.86. The molecule has 0 aliphatic heterocycles. The van der Waals surface area contributed by atoms with Crippen molar-refractivity contribution >= 4 is 40.2 Å². The molecule has 0 saturated carbocycles. The zero-order valence-corrected chi connectivity index (χ0v) is 15.8. The summed E-state index contributed by atoms with van der Waals surface area (Å²) in [6.45, 7) is 0.436. The minimum Gasteiger partial charge on any atom is -0.496 e. The van der Waals surface area contributed by atoms with Crippen LogP contribution in [0.5, 0.6) is 5.75 Å². The number of hydrogen-bond acceptors (Lipinski definition) is 4. The first-order valence-corrected chi connectivity index (χ1v) is 8.73. The molecule has 0 atom stereocenters. The lowest BCUT2D eigenvalue weighted by Crippen LogP contribution is -2.08. The van der Waals surface area contributed by atoms with Gasteiger partial charge in [-0.05, 0) is 29.8 Å². The number of amidine groups is 1. The van der Waals surface area contributed by atoms with Gasteiger partial charge in [-0.1, -0.05) is 36.0 Å². The molecule has 0 spiro atoms. The average molecular weight is 392 g/mol. The number of thioether (sulfide) groups is 1. The molecule has 0 aliphatic carbocycles. The van der Waals surface area contributed by atoms with Crippen molar-refractivity contribution in [2.45, 2.75) is 12.3 Å². The summed E-state index contributed by atoms with van der Waals surface area (Å²) in [5.41, 5.74) is 8.55. The maximum Gasteiger partial charge on any atom is 0.154 e. The zero-order chi connectivity index (χ0) is 17.6. The van der Waals surface area contributed by atoms with Gasteiger partial charge in [-0.15, -0.1) is 12.4 Å². The third-order valence-corrected chi connectivity index (χ3v) is 4.60. The Hall–Kier alpha value is -2.31. The van der Waals surface area contributed by atoms with Crippen LogP contribution in [0.2, 0.25) is 0 Å². The minimum absolute atomic E-state index is 0. The van der Waals surface area contributed by atoms with Crippen molar-refractivity contribution in [2.24, 2.45) is 10.7 Å². The molecule has 7 heteroatoms. The highest BCUT2D eigenvalue weighted by atomic mass is 35.5. The third-order valence-electron chi connectivity index (χ3n) is 3.72. The Labute approximate surface area is 162 Å². The molecule has 0 fully saturated rings. The fourth-order valence-corrected chi connectivity index (χ4v) is 3.21. The van der Waals surface area contributed by atoms with Crippen LogP contribution in [0, 0.1) is 5.82 Å². The molecular weight excluding hydrogens is 373 g/mol. The molecule has 136 valence electrons. The van der Waals surface area contributed by atoms with Crippen molar-refractivity contribution in [1.82, 2.24) is 4.98 Å². The summed E-state index contributed by atoms with van der Waals surface area (Å²) in [4.78, 5) is 8.72. The van der Waals surface area contributed by atoms with E-state index < -0.39 is 0 Å².